The van der Waals surface area contributed by atoms with Crippen LogP contribution in [0, 0.1) is 27.7 Å². The van der Waals surface area contributed by atoms with E-state index in [0.29, 0.717) is 5.39 Å². The number of nitrogens with zero attached hydrogens (tertiary/aromatic N) is 2. The van der Waals surface area contributed by atoms with Crippen LogP contribution in [0.2, 0.25) is 0 Å². The van der Waals surface area contributed by atoms with E-state index in [2.05, 4.69) is 36.3 Å². The van der Waals surface area contributed by atoms with Gasteiger partial charge in [-0.2, -0.15) is 0 Å². The zero-order valence-corrected chi connectivity index (χ0v) is 16.5. The van der Waals surface area contributed by atoms with Crippen molar-refractivity contribution in [1.29, 1.82) is 0 Å². The number of hydrogen-bond acceptors (Lipinski definition) is 4. The Morgan fingerprint density at radius 1 is 1.23 bits per heavy atom. The van der Waals surface area contributed by atoms with Crippen LogP contribution >= 0.6 is 11.3 Å². The third kappa shape index (κ3) is 3.42. The van der Waals surface area contributed by atoms with Crippen molar-refractivity contribution in [2.24, 2.45) is 0 Å². The molecule has 3 aromatic rings. The number of nitrogens with one attached hydrogen (secondary N) is 1. The van der Waals surface area contributed by atoms with Crippen molar-refractivity contribution in [3.05, 3.63) is 62.0 Å². The van der Waals surface area contributed by atoms with E-state index in [4.69, 9.17) is 0 Å². The van der Waals surface area contributed by atoms with Gasteiger partial charge in [0, 0.05) is 4.88 Å². The summed E-state index contributed by atoms with van der Waals surface area (Å²) >= 11 is 1.51. The van der Waals surface area contributed by atoms with E-state index in [1.807, 2.05) is 26.8 Å². The Hall–Kier alpha value is -2.47. The standard InChI is InChI=1S/C20H23N3O2S/c1-11-6-7-16(8-12(11)2)14(4)22-17(24)9-23-10-21-19-18(20(23)25)13(3)15(5)26-19/h6-8,10,14H,9H2,1-5H3,(H,22,24)/t14-/m1/s1. The van der Waals surface area contributed by atoms with Gasteiger partial charge in [0.15, 0.2) is 0 Å². The minimum Gasteiger partial charge on any atom is -0.348 e. The van der Waals surface area contributed by atoms with Crippen molar-refractivity contribution in [1.82, 2.24) is 14.9 Å². The van der Waals surface area contributed by atoms with Crippen LogP contribution < -0.4 is 10.9 Å². The molecule has 0 fully saturated rings. The van der Waals surface area contributed by atoms with Crippen molar-refractivity contribution < 1.29 is 4.79 Å². The Morgan fingerprint density at radius 2 is 1.96 bits per heavy atom. The third-order valence-electron chi connectivity index (χ3n) is 4.88. The van der Waals surface area contributed by atoms with Crippen LogP contribution in [0.4, 0.5) is 0 Å². The van der Waals surface area contributed by atoms with Gasteiger partial charge in [0.1, 0.15) is 11.4 Å². The van der Waals surface area contributed by atoms with E-state index < -0.39 is 0 Å². The lowest BCUT2D eigenvalue weighted by Crippen LogP contribution is -2.34. The smallest absolute Gasteiger partial charge is 0.262 e. The largest absolute Gasteiger partial charge is 0.348 e. The van der Waals surface area contributed by atoms with E-state index in [1.165, 1.54) is 33.4 Å². The fourth-order valence-electron chi connectivity index (χ4n) is 2.94. The van der Waals surface area contributed by atoms with Crippen LogP contribution in [0.1, 0.15) is 40.1 Å². The highest BCUT2D eigenvalue weighted by atomic mass is 32.1. The van der Waals surface area contributed by atoms with Crippen LogP contribution in [0.5, 0.6) is 0 Å². The summed E-state index contributed by atoms with van der Waals surface area (Å²) in [5.41, 5.74) is 4.25. The van der Waals surface area contributed by atoms with Crippen LogP contribution in [0.3, 0.4) is 0 Å². The average Bonchev–Trinajstić information content (AvgIpc) is 2.88. The van der Waals surface area contributed by atoms with Crippen molar-refractivity contribution in [2.45, 2.75) is 47.2 Å². The molecular weight excluding hydrogens is 346 g/mol. The molecule has 0 aliphatic rings. The molecule has 2 heterocycles. The number of benzene rings is 1. The van der Waals surface area contributed by atoms with Gasteiger partial charge in [-0.05, 0) is 56.9 Å². The quantitative estimate of drug-likeness (QED) is 0.765. The first-order valence-electron chi connectivity index (χ1n) is 8.59. The Labute approximate surface area is 156 Å². The number of aryl methyl sites for hydroxylation is 4. The fraction of sp³-hybridized carbons (Fsp3) is 0.350. The maximum Gasteiger partial charge on any atom is 0.262 e. The number of aromatic nitrogens is 2. The predicted molar refractivity (Wildman–Crippen MR) is 106 cm³/mol. The highest BCUT2D eigenvalue weighted by Gasteiger charge is 2.15. The topological polar surface area (TPSA) is 64.0 Å². The predicted octanol–water partition coefficient (Wildman–Crippen LogP) is 3.57. The lowest BCUT2D eigenvalue weighted by molar-refractivity contribution is -0.122. The molecule has 0 aliphatic carbocycles. The first-order valence-corrected chi connectivity index (χ1v) is 9.41. The van der Waals surface area contributed by atoms with Crippen molar-refractivity contribution >= 4 is 27.5 Å². The van der Waals surface area contributed by atoms with E-state index in [-0.39, 0.29) is 24.1 Å². The highest BCUT2D eigenvalue weighted by molar-refractivity contribution is 7.18. The van der Waals surface area contributed by atoms with Crippen LogP contribution in [-0.4, -0.2) is 15.5 Å². The van der Waals surface area contributed by atoms with Gasteiger partial charge in [-0.1, -0.05) is 18.2 Å². The van der Waals surface area contributed by atoms with E-state index in [0.717, 1.165) is 20.8 Å². The third-order valence-corrected chi connectivity index (χ3v) is 5.99. The molecule has 0 saturated heterocycles. The summed E-state index contributed by atoms with van der Waals surface area (Å²) in [4.78, 5) is 31.3. The minimum absolute atomic E-state index is 0.0364. The minimum atomic E-state index is -0.205. The maximum absolute atomic E-state index is 12.7. The van der Waals surface area contributed by atoms with Gasteiger partial charge in [0.25, 0.3) is 5.56 Å². The van der Waals surface area contributed by atoms with Gasteiger partial charge in [-0.15, -0.1) is 11.3 Å². The number of fused-ring (bicyclic) bond motifs is 1. The first kappa shape index (κ1) is 18.3. The molecule has 2 aromatic heterocycles. The molecule has 136 valence electrons. The van der Waals surface area contributed by atoms with E-state index in [9.17, 15) is 9.59 Å². The fourth-order valence-corrected chi connectivity index (χ4v) is 3.93. The molecule has 0 unspecified atom stereocenters. The Balaban J connectivity index is 1.78. The molecule has 1 atom stereocenters. The molecule has 6 heteroatoms. The Kier molecular flexibility index (Phi) is 4.96. The number of rotatable bonds is 4. The molecule has 0 saturated carbocycles. The van der Waals surface area contributed by atoms with Gasteiger partial charge < -0.3 is 5.32 Å². The van der Waals surface area contributed by atoms with Gasteiger partial charge >= 0.3 is 0 Å². The SMILES string of the molecule is Cc1ccc([C@@H](C)NC(=O)Cn2cnc3sc(C)c(C)c3c2=O)cc1C. The Bertz CT molecular complexity index is 1050. The molecule has 1 aromatic carbocycles. The van der Waals surface area contributed by atoms with E-state index in [1.54, 1.807) is 0 Å². The second-order valence-electron chi connectivity index (χ2n) is 6.77. The molecule has 26 heavy (non-hydrogen) atoms. The number of thiophene rings is 1. The van der Waals surface area contributed by atoms with Crippen molar-refractivity contribution in [2.75, 3.05) is 0 Å². The molecule has 0 bridgehead atoms. The average molecular weight is 369 g/mol. The van der Waals surface area contributed by atoms with Crippen LogP contribution in [0.25, 0.3) is 10.2 Å². The molecular formula is C20H23N3O2S. The molecule has 0 radical (unpaired) electrons. The molecule has 1 N–H and O–H groups in total. The summed E-state index contributed by atoms with van der Waals surface area (Å²) in [6.45, 7) is 9.92. The van der Waals surface area contributed by atoms with E-state index >= 15 is 0 Å². The summed E-state index contributed by atoms with van der Waals surface area (Å²) in [7, 11) is 0. The lowest BCUT2D eigenvalue weighted by atomic mass is 10.0. The second-order valence-corrected chi connectivity index (χ2v) is 7.98. The summed E-state index contributed by atoms with van der Waals surface area (Å²) in [5, 5.41) is 3.58. The Morgan fingerprint density at radius 3 is 2.65 bits per heavy atom. The second kappa shape index (κ2) is 7.03. The number of amides is 1. The highest BCUT2D eigenvalue weighted by Crippen LogP contribution is 2.25. The molecule has 0 spiro atoms. The van der Waals surface area contributed by atoms with Gasteiger partial charge in [0.2, 0.25) is 5.91 Å². The zero-order chi connectivity index (χ0) is 19.0. The number of carbonyl (C=O) groups excluding carboxylic acids is 1. The lowest BCUT2D eigenvalue weighted by Gasteiger charge is -2.16. The first-order chi connectivity index (χ1) is 12.3. The van der Waals surface area contributed by atoms with Crippen LogP contribution in [0.15, 0.2) is 29.3 Å². The number of carbonyl (C=O) groups is 1. The van der Waals surface area contributed by atoms with Crippen LogP contribution in [-0.2, 0) is 11.3 Å². The molecule has 1 amide bonds. The maximum atomic E-state index is 12.7. The molecule has 5 nitrogen and oxygen atoms in total. The van der Waals surface area contributed by atoms with Gasteiger partial charge in [0.05, 0.1) is 17.8 Å². The molecule has 3 rings (SSSR count). The monoisotopic (exact) mass is 369 g/mol. The molecule has 0 aliphatic heterocycles. The summed E-state index contributed by atoms with van der Waals surface area (Å²) in [6.07, 6.45) is 1.46. The zero-order valence-electron chi connectivity index (χ0n) is 15.7. The van der Waals surface area contributed by atoms with Crippen molar-refractivity contribution in [3.63, 3.8) is 0 Å². The normalized spacial score (nSPS) is 12.3. The van der Waals surface area contributed by atoms with Gasteiger partial charge in [-0.3, -0.25) is 14.2 Å². The summed E-state index contributed by atoms with van der Waals surface area (Å²) in [5.74, 6) is -0.205. The van der Waals surface area contributed by atoms with Gasteiger partial charge in [-0.25, -0.2) is 4.98 Å². The summed E-state index contributed by atoms with van der Waals surface area (Å²) in [6, 6.07) is 6.03. The summed E-state index contributed by atoms with van der Waals surface area (Å²) < 4.78 is 1.38. The number of hydrogen-bond donors (Lipinski definition) is 1. The van der Waals surface area contributed by atoms with Crippen molar-refractivity contribution in [3.8, 4) is 0 Å².